The SMILES string of the molecule is Cl.Cl.Cl.NC(N)=[NH2+].[Cl-]. The molecule has 3 nitrogen and oxygen atoms in total. The highest BCUT2D eigenvalue weighted by Crippen LogP contribution is 0.925. The first-order valence-corrected chi connectivity index (χ1v) is 0.866. The van der Waals surface area contributed by atoms with E-state index < -0.39 is 0 Å². The third kappa shape index (κ3) is 1030. The lowest BCUT2D eigenvalue weighted by Crippen LogP contribution is -3.00. The van der Waals surface area contributed by atoms with Crippen molar-refractivity contribution in [3.05, 3.63) is 0 Å². The number of hydrogen-bond acceptors (Lipinski definition) is 0. The molecule has 0 unspecified atom stereocenters. The van der Waals surface area contributed by atoms with Gasteiger partial charge >= 0.3 is 5.96 Å². The van der Waals surface area contributed by atoms with Gasteiger partial charge in [0.1, 0.15) is 0 Å². The Balaban J connectivity index is -0.00000000750. The smallest absolute Gasteiger partial charge is 0.336 e. The van der Waals surface area contributed by atoms with Crippen LogP contribution in [0.5, 0.6) is 0 Å². The maximum absolute atomic E-state index is 4.58. The standard InChI is InChI=1S/CH5N3.4ClH/c2-1(3)4;;;;/h(H5,2,3,4);4*1H. The van der Waals surface area contributed by atoms with E-state index in [-0.39, 0.29) is 55.6 Å². The predicted molar refractivity (Wildman–Crippen MR) is 37.1 cm³/mol. The van der Waals surface area contributed by atoms with Crippen LogP contribution in [-0.2, 0) is 0 Å². The van der Waals surface area contributed by atoms with Crippen molar-refractivity contribution in [2.24, 2.45) is 11.5 Å². The molecule has 0 rings (SSSR count). The van der Waals surface area contributed by atoms with Crippen LogP contribution in [0.4, 0.5) is 0 Å². The second kappa shape index (κ2) is 26.1. The van der Waals surface area contributed by atoms with Gasteiger partial charge in [0, 0.05) is 0 Å². The van der Waals surface area contributed by atoms with Crippen molar-refractivity contribution in [1.82, 2.24) is 0 Å². The Hall–Kier alpha value is 0.430. The molecule has 0 spiro atoms. The van der Waals surface area contributed by atoms with Gasteiger partial charge in [-0.25, -0.2) is 0 Å². The molecule has 0 bridgehead atoms. The number of nitrogens with two attached hydrogens (primary N) is 3. The van der Waals surface area contributed by atoms with Gasteiger partial charge in [0.05, 0.1) is 0 Å². The van der Waals surface area contributed by atoms with E-state index in [2.05, 4.69) is 16.9 Å². The Bertz CT molecular complexity index is 34.3. The molecule has 0 aliphatic rings. The summed E-state index contributed by atoms with van der Waals surface area (Å²) in [5.41, 5.74) is 9.17. The summed E-state index contributed by atoms with van der Waals surface area (Å²) in [6.07, 6.45) is 0. The highest BCUT2D eigenvalue weighted by molar-refractivity contribution is 5.86. The third-order valence-electron chi connectivity index (χ3n) is 0. The molecule has 6 N–H and O–H groups in total. The Labute approximate surface area is 72.7 Å². The maximum atomic E-state index is 4.58. The molecule has 0 aromatic heterocycles. The van der Waals surface area contributed by atoms with Gasteiger partial charge in [0.2, 0.25) is 0 Å². The van der Waals surface area contributed by atoms with Crippen LogP contribution < -0.4 is 29.3 Å². The first-order valence-electron chi connectivity index (χ1n) is 0.866. The van der Waals surface area contributed by atoms with Crippen molar-refractivity contribution in [3.8, 4) is 0 Å². The van der Waals surface area contributed by atoms with E-state index in [0.717, 1.165) is 0 Å². The monoisotopic (exact) mass is 203 g/mol. The van der Waals surface area contributed by atoms with Crippen molar-refractivity contribution in [2.75, 3.05) is 0 Å². The van der Waals surface area contributed by atoms with Crippen LogP contribution in [0, 0.1) is 0 Å². The van der Waals surface area contributed by atoms with Crippen LogP contribution in [0.3, 0.4) is 0 Å². The number of guanidine groups is 1. The molecular weight excluding hydrogens is 196 g/mol. The van der Waals surface area contributed by atoms with Gasteiger partial charge in [-0.1, -0.05) is 0 Å². The minimum absolute atomic E-state index is 0. The van der Waals surface area contributed by atoms with Crippen molar-refractivity contribution in [1.29, 1.82) is 0 Å². The molecule has 0 saturated heterocycles. The molecule has 7 heteroatoms. The molecule has 0 radical (unpaired) electrons. The lowest BCUT2D eigenvalue weighted by Gasteiger charge is -1.59. The zero-order valence-electron chi connectivity index (χ0n) is 3.83. The Morgan fingerprint density at radius 2 is 1.00 bits per heavy atom. The van der Waals surface area contributed by atoms with Crippen LogP contribution >= 0.6 is 37.2 Å². The van der Waals surface area contributed by atoms with Gasteiger partial charge in [-0.15, -0.1) is 37.2 Å². The summed E-state index contributed by atoms with van der Waals surface area (Å²) in [4.78, 5) is 0. The molecular formula is CH9Cl4N3. The van der Waals surface area contributed by atoms with Gasteiger partial charge in [0.25, 0.3) is 0 Å². The van der Waals surface area contributed by atoms with Crippen LogP contribution in [0.1, 0.15) is 0 Å². The summed E-state index contributed by atoms with van der Waals surface area (Å²) in [5.74, 6) is -0.0833. The number of hydrogen-bond donors (Lipinski definition) is 3. The third-order valence-corrected chi connectivity index (χ3v) is 0. The average Bonchev–Trinajstić information content (AvgIpc) is 0.811. The molecule has 0 aliphatic heterocycles. The van der Waals surface area contributed by atoms with Crippen molar-refractivity contribution in [2.45, 2.75) is 0 Å². The summed E-state index contributed by atoms with van der Waals surface area (Å²) in [7, 11) is 0. The van der Waals surface area contributed by atoms with Gasteiger partial charge in [0.15, 0.2) is 0 Å². The van der Waals surface area contributed by atoms with E-state index in [1.165, 1.54) is 0 Å². The molecule has 8 heavy (non-hydrogen) atoms. The summed E-state index contributed by atoms with van der Waals surface area (Å²) in [6, 6.07) is 0. The molecule has 0 saturated carbocycles. The van der Waals surface area contributed by atoms with Gasteiger partial charge < -0.3 is 12.4 Å². The van der Waals surface area contributed by atoms with Crippen LogP contribution in [0.15, 0.2) is 0 Å². The van der Waals surface area contributed by atoms with E-state index in [1.54, 1.807) is 0 Å². The minimum Gasteiger partial charge on any atom is -1.00 e. The topological polar surface area (TPSA) is 77.6 Å². The Morgan fingerprint density at radius 1 is 1.00 bits per heavy atom. The zero-order chi connectivity index (χ0) is 3.58. The Morgan fingerprint density at radius 3 is 1.00 bits per heavy atom. The molecule has 0 atom stereocenters. The van der Waals surface area contributed by atoms with Crippen LogP contribution in [0.25, 0.3) is 0 Å². The molecule has 0 aliphatic carbocycles. The van der Waals surface area contributed by atoms with E-state index in [1.807, 2.05) is 0 Å². The highest BCUT2D eigenvalue weighted by Gasteiger charge is 1.64. The molecule has 0 heterocycles. The van der Waals surface area contributed by atoms with Gasteiger partial charge in [-0.2, -0.15) is 0 Å². The molecule has 0 fully saturated rings. The van der Waals surface area contributed by atoms with E-state index in [9.17, 15) is 0 Å². The maximum Gasteiger partial charge on any atom is 0.336 e. The Kier molecular flexibility index (Phi) is 129. The lowest BCUT2D eigenvalue weighted by molar-refractivity contribution is -0.116. The largest absolute Gasteiger partial charge is 1.00 e. The van der Waals surface area contributed by atoms with Gasteiger partial charge in [-0.05, 0) is 0 Å². The summed E-state index contributed by atoms with van der Waals surface area (Å²) < 4.78 is 0. The minimum atomic E-state index is -0.0833. The zero-order valence-corrected chi connectivity index (χ0v) is 7.04. The van der Waals surface area contributed by atoms with E-state index >= 15 is 0 Å². The summed E-state index contributed by atoms with van der Waals surface area (Å²) in [6.45, 7) is 0. The van der Waals surface area contributed by atoms with E-state index in [4.69, 9.17) is 0 Å². The molecule has 0 amide bonds. The number of halogens is 4. The second-order valence-electron chi connectivity index (χ2n) is 0.500. The van der Waals surface area contributed by atoms with Crippen molar-refractivity contribution >= 4 is 43.2 Å². The first-order chi connectivity index (χ1) is 1.73. The highest BCUT2D eigenvalue weighted by atomic mass is 35.5. The van der Waals surface area contributed by atoms with E-state index in [0.29, 0.717) is 0 Å². The normalized spacial score (nSPS) is 3.00. The second-order valence-corrected chi connectivity index (χ2v) is 0.500. The van der Waals surface area contributed by atoms with Crippen LogP contribution in [0.2, 0.25) is 0 Å². The van der Waals surface area contributed by atoms with Crippen molar-refractivity contribution in [3.63, 3.8) is 0 Å². The fourth-order valence-electron chi connectivity index (χ4n) is 0. The molecule has 56 valence electrons. The van der Waals surface area contributed by atoms with Crippen molar-refractivity contribution < 1.29 is 17.8 Å². The molecule has 0 aromatic carbocycles. The lowest BCUT2D eigenvalue weighted by atomic mass is 11.1. The number of rotatable bonds is 0. The molecule has 0 aromatic rings. The average molecular weight is 205 g/mol. The van der Waals surface area contributed by atoms with Gasteiger partial charge in [-0.3, -0.25) is 16.9 Å². The summed E-state index contributed by atoms with van der Waals surface area (Å²) >= 11 is 0. The fourth-order valence-corrected chi connectivity index (χ4v) is 0. The summed E-state index contributed by atoms with van der Waals surface area (Å²) in [5, 5.41) is 4.58. The first kappa shape index (κ1) is 39.6. The quantitative estimate of drug-likeness (QED) is 0.274. The fraction of sp³-hybridized carbons (Fsp3) is 0. The predicted octanol–water partition coefficient (Wildman–Crippen LogP) is -4.71. The van der Waals surface area contributed by atoms with Crippen LogP contribution in [-0.4, -0.2) is 5.96 Å².